The number of hydrogen-bond donors (Lipinski definition) is 2. The molecule has 2 atom stereocenters. The van der Waals surface area contributed by atoms with E-state index in [2.05, 4.69) is 70.1 Å². The fraction of sp³-hybridized carbons (Fsp3) is 0.462. The van der Waals surface area contributed by atoms with Gasteiger partial charge in [0.2, 0.25) is 0 Å². The molecule has 0 spiro atoms. The van der Waals surface area contributed by atoms with Gasteiger partial charge < -0.3 is 20.3 Å². The van der Waals surface area contributed by atoms with E-state index in [1.54, 1.807) is 13.0 Å². The molecule has 0 radical (unpaired) electrons. The molecule has 0 saturated carbocycles. The van der Waals surface area contributed by atoms with Crippen LogP contribution in [0.3, 0.4) is 0 Å². The second-order valence-electron chi connectivity index (χ2n) is 11.7. The van der Waals surface area contributed by atoms with E-state index in [1.807, 2.05) is 67.6 Å². The Morgan fingerprint density at radius 3 is 2.17 bits per heavy atom. The number of benzene rings is 2. The molecule has 1 fully saturated rings. The summed E-state index contributed by atoms with van der Waals surface area (Å²) in [6.45, 7) is 21.5. The second-order valence-corrected chi connectivity index (χ2v) is 11.7. The van der Waals surface area contributed by atoms with E-state index < -0.39 is 0 Å². The van der Waals surface area contributed by atoms with Crippen molar-refractivity contribution >= 4 is 17.7 Å². The molecule has 2 aromatic rings. The average Bonchev–Trinajstić information content (AvgIpc) is 3.02. The lowest BCUT2D eigenvalue weighted by Crippen LogP contribution is -2.30. The SMILES string of the molecule is C=CN=C(C)/C(C(=N)c1ccc(Oc2ccccc2)cc1)=C(\C)N.CCC.CCC(C)N(C)C/C=C/C=O.C[C@@H]1CCCN(C)C1. The number of carbonyl (C=O) groups is 1. The van der Waals surface area contributed by atoms with Gasteiger partial charge in [-0.15, -0.1) is 0 Å². The molecule has 46 heavy (non-hydrogen) atoms. The molecule has 1 saturated heterocycles. The van der Waals surface area contributed by atoms with E-state index in [0.717, 1.165) is 36.5 Å². The molecule has 1 unspecified atom stereocenters. The predicted molar refractivity (Wildman–Crippen MR) is 199 cm³/mol. The Labute approximate surface area is 280 Å². The summed E-state index contributed by atoms with van der Waals surface area (Å²) >= 11 is 0. The van der Waals surface area contributed by atoms with Gasteiger partial charge in [-0.1, -0.05) is 65.0 Å². The van der Waals surface area contributed by atoms with Gasteiger partial charge in [0.05, 0.1) is 5.71 Å². The first kappa shape index (κ1) is 42.2. The molecule has 0 amide bonds. The van der Waals surface area contributed by atoms with Crippen molar-refractivity contribution in [3.8, 4) is 11.5 Å². The van der Waals surface area contributed by atoms with Crippen LogP contribution in [-0.2, 0) is 4.79 Å². The van der Waals surface area contributed by atoms with Gasteiger partial charge >= 0.3 is 0 Å². The lowest BCUT2D eigenvalue weighted by atomic mass is 9.97. The van der Waals surface area contributed by atoms with Crippen molar-refractivity contribution in [2.24, 2.45) is 16.6 Å². The number of para-hydroxylation sites is 1. The number of ether oxygens (including phenoxy) is 1. The quantitative estimate of drug-likeness (QED) is 0.147. The second kappa shape index (κ2) is 25.4. The summed E-state index contributed by atoms with van der Waals surface area (Å²) in [5, 5.41) is 8.42. The fourth-order valence-corrected chi connectivity index (χ4v) is 4.52. The molecule has 254 valence electrons. The number of nitrogens with two attached hydrogens (primary N) is 1. The van der Waals surface area contributed by atoms with E-state index in [0.29, 0.717) is 34.5 Å². The van der Waals surface area contributed by atoms with Gasteiger partial charge in [-0.25, -0.2) is 0 Å². The molecule has 7 heteroatoms. The van der Waals surface area contributed by atoms with Gasteiger partial charge in [0.25, 0.3) is 0 Å². The summed E-state index contributed by atoms with van der Waals surface area (Å²) in [4.78, 5) is 18.7. The highest BCUT2D eigenvalue weighted by Crippen LogP contribution is 2.22. The number of nitrogens with zero attached hydrogens (tertiary/aromatic N) is 3. The van der Waals surface area contributed by atoms with Crippen molar-refractivity contribution in [3.05, 3.63) is 96.4 Å². The molecule has 1 heterocycles. The first-order chi connectivity index (χ1) is 21.9. The number of likely N-dealkylation sites (tertiary alicyclic amines) is 1. The molecule has 2 aromatic carbocycles. The van der Waals surface area contributed by atoms with Crippen molar-refractivity contribution in [1.29, 1.82) is 5.41 Å². The maximum Gasteiger partial charge on any atom is 0.142 e. The summed E-state index contributed by atoms with van der Waals surface area (Å²) in [5.74, 6) is 2.42. The van der Waals surface area contributed by atoms with Gasteiger partial charge in [-0.2, -0.15) is 0 Å². The number of hydrogen-bond acceptors (Lipinski definition) is 7. The Bertz CT molecular complexity index is 1210. The average molecular weight is 632 g/mol. The topological polar surface area (TPSA) is 95.0 Å². The summed E-state index contributed by atoms with van der Waals surface area (Å²) < 4.78 is 5.76. The lowest BCUT2D eigenvalue weighted by Gasteiger charge is -2.26. The lowest BCUT2D eigenvalue weighted by molar-refractivity contribution is -0.104. The van der Waals surface area contributed by atoms with E-state index >= 15 is 0 Å². The Kier molecular flexibility index (Phi) is 23.3. The van der Waals surface area contributed by atoms with Crippen molar-refractivity contribution in [1.82, 2.24) is 9.80 Å². The maximum atomic E-state index is 9.92. The van der Waals surface area contributed by atoms with Crippen LogP contribution in [0.25, 0.3) is 0 Å². The normalized spacial score (nSPS) is 16.0. The van der Waals surface area contributed by atoms with Gasteiger partial charge in [-0.05, 0) is 109 Å². The summed E-state index contributed by atoms with van der Waals surface area (Å²) in [6.07, 6.45) is 10.9. The first-order valence-corrected chi connectivity index (χ1v) is 16.5. The summed E-state index contributed by atoms with van der Waals surface area (Å²) in [6, 6.07) is 17.5. The van der Waals surface area contributed by atoms with Crippen molar-refractivity contribution in [2.75, 3.05) is 33.7 Å². The number of rotatable bonds is 11. The first-order valence-electron chi connectivity index (χ1n) is 16.5. The van der Waals surface area contributed by atoms with Crippen molar-refractivity contribution in [3.63, 3.8) is 0 Å². The highest BCUT2D eigenvalue weighted by Gasteiger charge is 2.14. The largest absolute Gasteiger partial charge is 0.457 e. The Morgan fingerprint density at radius 1 is 1.13 bits per heavy atom. The summed E-state index contributed by atoms with van der Waals surface area (Å²) in [5.41, 5.74) is 8.84. The minimum Gasteiger partial charge on any atom is -0.457 e. The van der Waals surface area contributed by atoms with Crippen LogP contribution in [0.1, 0.15) is 79.7 Å². The van der Waals surface area contributed by atoms with Crippen LogP contribution < -0.4 is 10.5 Å². The Morgan fingerprint density at radius 2 is 1.72 bits per heavy atom. The van der Waals surface area contributed by atoms with Crippen molar-refractivity contribution < 1.29 is 9.53 Å². The Hall–Kier alpha value is -3.81. The van der Waals surface area contributed by atoms with Crippen LogP contribution in [0.5, 0.6) is 11.5 Å². The molecular formula is C39H61N5O2. The zero-order valence-electron chi connectivity index (χ0n) is 30.1. The van der Waals surface area contributed by atoms with Crippen LogP contribution in [0.4, 0.5) is 0 Å². The van der Waals surface area contributed by atoms with Crippen molar-refractivity contribution in [2.45, 2.75) is 80.2 Å². The molecule has 3 N–H and O–H groups in total. The van der Waals surface area contributed by atoms with Crippen LogP contribution in [0.2, 0.25) is 0 Å². The van der Waals surface area contributed by atoms with E-state index in [9.17, 15) is 4.79 Å². The minimum absolute atomic E-state index is 0.323. The number of carbonyl (C=O) groups excluding carboxylic acids is 1. The molecule has 7 nitrogen and oxygen atoms in total. The van der Waals surface area contributed by atoms with Crippen LogP contribution in [0.15, 0.2) is 95.8 Å². The maximum absolute atomic E-state index is 9.92. The number of likely N-dealkylation sites (N-methyl/N-ethyl adjacent to an activating group) is 1. The molecular weight excluding hydrogens is 570 g/mol. The van der Waals surface area contributed by atoms with Gasteiger partial charge in [0.1, 0.15) is 17.8 Å². The highest BCUT2D eigenvalue weighted by atomic mass is 16.5. The van der Waals surface area contributed by atoms with Gasteiger partial charge in [0.15, 0.2) is 0 Å². The smallest absolute Gasteiger partial charge is 0.142 e. The molecule has 0 aromatic heterocycles. The van der Waals surface area contributed by atoms with E-state index in [1.165, 1.54) is 38.6 Å². The fourth-order valence-electron chi connectivity index (χ4n) is 4.52. The van der Waals surface area contributed by atoms with E-state index in [-0.39, 0.29) is 0 Å². The zero-order valence-corrected chi connectivity index (χ0v) is 30.1. The molecule has 0 aliphatic carbocycles. The number of aliphatic imine (C=N–C) groups is 1. The molecule has 3 rings (SSSR count). The monoisotopic (exact) mass is 631 g/mol. The third kappa shape index (κ3) is 18.2. The third-order valence-electron chi connectivity index (χ3n) is 7.22. The number of aldehydes is 1. The van der Waals surface area contributed by atoms with Gasteiger partial charge in [0, 0.05) is 47.9 Å². The zero-order chi connectivity index (χ0) is 34.9. The minimum atomic E-state index is 0.323. The van der Waals surface area contributed by atoms with Crippen LogP contribution in [0, 0.1) is 11.3 Å². The molecule has 1 aliphatic rings. The number of nitrogens with one attached hydrogen (secondary N) is 1. The molecule has 1 aliphatic heterocycles. The number of piperidine rings is 1. The summed E-state index contributed by atoms with van der Waals surface area (Å²) in [7, 11) is 4.26. The Balaban J connectivity index is 0.000000756. The van der Waals surface area contributed by atoms with Crippen LogP contribution in [-0.4, -0.2) is 67.3 Å². The van der Waals surface area contributed by atoms with E-state index in [4.69, 9.17) is 15.9 Å². The van der Waals surface area contributed by atoms with Gasteiger partial charge in [-0.3, -0.25) is 15.2 Å². The standard InChI is InChI=1S/C20H21N3O.C9H17NO.C7H15N.C3H8/c1-4-23-15(3)19(14(2)21)20(22)16-10-12-18(13-11-16)24-17-8-6-5-7-9-17;1-4-9(2)10(3)7-5-6-8-11;1-7-4-3-5-8(2)6-7;1-3-2/h4-13,22H,1,21H2,2-3H3;5-6,8-9H,4,7H2,1-3H3;7H,3-6H2,1-2H3;3H2,1-2H3/b19-14-,22-20?,23-15?;6-5+;;/t;;7-;/m..1./s1. The highest BCUT2D eigenvalue weighted by molar-refractivity contribution is 6.28. The number of allylic oxidation sites excluding steroid dienone is 3. The van der Waals surface area contributed by atoms with Crippen LogP contribution >= 0.6 is 0 Å². The third-order valence-corrected chi connectivity index (χ3v) is 7.22. The molecule has 0 bridgehead atoms. The predicted octanol–water partition coefficient (Wildman–Crippen LogP) is 8.92.